The highest BCUT2D eigenvalue weighted by Crippen LogP contribution is 2.18. The number of hydrogen-bond acceptors (Lipinski definition) is 5. The number of anilines is 1. The lowest BCUT2D eigenvalue weighted by atomic mass is 10.1. The van der Waals surface area contributed by atoms with Crippen molar-refractivity contribution >= 4 is 29.4 Å². The van der Waals surface area contributed by atoms with Gasteiger partial charge < -0.3 is 10.1 Å². The van der Waals surface area contributed by atoms with Crippen LogP contribution in [0.15, 0.2) is 54.6 Å². The number of nitrogens with one attached hydrogen (secondary N) is 2. The largest absolute Gasteiger partial charge is 0.455 e. The second kappa shape index (κ2) is 9.01. The minimum absolute atomic E-state index is 0.00439. The predicted octanol–water partition coefficient (Wildman–Crippen LogP) is 1.67. The fourth-order valence-corrected chi connectivity index (χ4v) is 2.84. The lowest BCUT2D eigenvalue weighted by Crippen LogP contribution is -2.43. The van der Waals surface area contributed by atoms with Crippen molar-refractivity contribution in [2.24, 2.45) is 5.92 Å². The van der Waals surface area contributed by atoms with E-state index < -0.39 is 30.3 Å². The van der Waals surface area contributed by atoms with Gasteiger partial charge >= 0.3 is 5.97 Å². The number of rotatable bonds is 6. The molecule has 0 radical (unpaired) electrons. The van der Waals surface area contributed by atoms with Crippen LogP contribution in [-0.2, 0) is 19.1 Å². The first-order chi connectivity index (χ1) is 13.9. The average molecular weight is 395 g/mol. The number of hydrogen-bond donors (Lipinski definition) is 2. The van der Waals surface area contributed by atoms with Gasteiger partial charge in [-0.3, -0.25) is 29.6 Å². The molecule has 8 nitrogen and oxygen atoms in total. The first kappa shape index (κ1) is 20.1. The molecule has 1 aliphatic rings. The van der Waals surface area contributed by atoms with Crippen LogP contribution in [0.4, 0.5) is 5.69 Å². The van der Waals surface area contributed by atoms with Gasteiger partial charge in [0.1, 0.15) is 0 Å². The van der Waals surface area contributed by atoms with Gasteiger partial charge in [-0.15, -0.1) is 0 Å². The first-order valence-electron chi connectivity index (χ1n) is 9.12. The summed E-state index contributed by atoms with van der Waals surface area (Å²) in [5.41, 5.74) is 4.52. The van der Waals surface area contributed by atoms with E-state index in [0.717, 1.165) is 10.6 Å². The number of nitrogens with zero attached hydrogens (tertiary/aromatic N) is 1. The van der Waals surface area contributed by atoms with E-state index in [9.17, 15) is 19.2 Å². The minimum atomic E-state index is -0.745. The molecule has 2 N–H and O–H groups in total. The third kappa shape index (κ3) is 5.41. The quantitative estimate of drug-likeness (QED) is 0.724. The Bertz CT molecular complexity index is 912. The molecule has 8 heteroatoms. The number of carbonyl (C=O) groups is 4. The van der Waals surface area contributed by atoms with E-state index in [1.54, 1.807) is 48.5 Å². The molecule has 29 heavy (non-hydrogen) atoms. The summed E-state index contributed by atoms with van der Waals surface area (Å²) in [7, 11) is 0. The van der Waals surface area contributed by atoms with E-state index in [1.165, 1.54) is 0 Å². The molecular formula is C21H21N3O5. The molecule has 0 aromatic heterocycles. The van der Waals surface area contributed by atoms with Crippen molar-refractivity contribution in [2.75, 3.05) is 18.5 Å². The molecule has 1 aliphatic heterocycles. The van der Waals surface area contributed by atoms with Crippen LogP contribution in [0.2, 0.25) is 0 Å². The van der Waals surface area contributed by atoms with Gasteiger partial charge in [0.25, 0.3) is 11.8 Å². The normalized spacial score (nSPS) is 15.7. The molecule has 0 aliphatic carbocycles. The smallest absolute Gasteiger partial charge is 0.311 e. The fraction of sp³-hybridized carbons (Fsp3) is 0.238. The molecular weight excluding hydrogens is 374 g/mol. The third-order valence-corrected chi connectivity index (χ3v) is 4.41. The molecule has 1 atom stereocenters. The molecule has 3 rings (SSSR count). The SMILES string of the molecule is Cc1ccc(C(=O)NN2C[C@@H](C(=O)OCC(=O)Nc3ccccc3)CC2=O)cc1. The number of esters is 1. The van der Waals surface area contributed by atoms with Gasteiger partial charge in [-0.2, -0.15) is 0 Å². The highest BCUT2D eigenvalue weighted by Gasteiger charge is 2.36. The molecule has 2 aromatic rings. The summed E-state index contributed by atoms with van der Waals surface area (Å²) in [6.07, 6.45) is -0.0900. The third-order valence-electron chi connectivity index (χ3n) is 4.41. The molecule has 2 aromatic carbocycles. The number of hydrazine groups is 1. The van der Waals surface area contributed by atoms with Crippen molar-refractivity contribution in [3.05, 3.63) is 65.7 Å². The Labute approximate surface area is 167 Å². The molecule has 1 heterocycles. The Morgan fingerprint density at radius 1 is 1.07 bits per heavy atom. The summed E-state index contributed by atoms with van der Waals surface area (Å²) in [5, 5.41) is 3.71. The van der Waals surface area contributed by atoms with Crippen molar-refractivity contribution in [2.45, 2.75) is 13.3 Å². The predicted molar refractivity (Wildman–Crippen MR) is 104 cm³/mol. The van der Waals surface area contributed by atoms with E-state index in [-0.39, 0.29) is 18.9 Å². The van der Waals surface area contributed by atoms with E-state index in [1.807, 2.05) is 13.0 Å². The van der Waals surface area contributed by atoms with Crippen molar-refractivity contribution < 1.29 is 23.9 Å². The van der Waals surface area contributed by atoms with E-state index >= 15 is 0 Å². The summed E-state index contributed by atoms with van der Waals surface area (Å²) in [4.78, 5) is 48.4. The minimum Gasteiger partial charge on any atom is -0.455 e. The Hall–Kier alpha value is -3.68. The zero-order valence-corrected chi connectivity index (χ0v) is 15.9. The van der Waals surface area contributed by atoms with Crippen LogP contribution in [0.5, 0.6) is 0 Å². The topological polar surface area (TPSA) is 105 Å². The summed E-state index contributed by atoms with van der Waals surface area (Å²) in [6.45, 7) is 1.45. The average Bonchev–Trinajstić information content (AvgIpc) is 3.08. The van der Waals surface area contributed by atoms with E-state index in [4.69, 9.17) is 4.74 Å². The zero-order chi connectivity index (χ0) is 20.8. The van der Waals surface area contributed by atoms with E-state index in [0.29, 0.717) is 11.3 Å². The van der Waals surface area contributed by atoms with Crippen LogP contribution in [-0.4, -0.2) is 41.9 Å². The monoisotopic (exact) mass is 395 g/mol. The number of benzene rings is 2. The second-order valence-electron chi connectivity index (χ2n) is 6.73. The highest BCUT2D eigenvalue weighted by atomic mass is 16.5. The molecule has 0 saturated carbocycles. The summed E-state index contributed by atoms with van der Waals surface area (Å²) >= 11 is 0. The maximum absolute atomic E-state index is 12.2. The Morgan fingerprint density at radius 3 is 2.45 bits per heavy atom. The van der Waals surface area contributed by atoms with Gasteiger partial charge in [0.05, 0.1) is 12.5 Å². The first-order valence-corrected chi connectivity index (χ1v) is 9.12. The van der Waals surface area contributed by atoms with Crippen LogP contribution in [0.3, 0.4) is 0 Å². The lowest BCUT2D eigenvalue weighted by molar-refractivity contribution is -0.151. The summed E-state index contributed by atoms with van der Waals surface area (Å²) < 4.78 is 5.02. The standard InChI is InChI=1S/C21H21N3O5/c1-14-7-9-15(10-8-14)20(27)23-24-12-16(11-19(24)26)21(28)29-13-18(25)22-17-5-3-2-4-6-17/h2-10,16H,11-13H2,1H3,(H,22,25)(H,23,27)/t16-/m0/s1. The van der Waals surface area contributed by atoms with Crippen molar-refractivity contribution in [3.8, 4) is 0 Å². The number of ether oxygens (including phenoxy) is 1. The van der Waals surface area contributed by atoms with Gasteiger partial charge in [0.15, 0.2) is 6.61 Å². The maximum Gasteiger partial charge on any atom is 0.311 e. The Morgan fingerprint density at radius 2 is 1.76 bits per heavy atom. The molecule has 1 fully saturated rings. The molecule has 0 unspecified atom stereocenters. The second-order valence-corrected chi connectivity index (χ2v) is 6.73. The summed E-state index contributed by atoms with van der Waals surface area (Å²) in [6, 6.07) is 15.7. The van der Waals surface area contributed by atoms with Crippen molar-refractivity contribution in [1.82, 2.24) is 10.4 Å². The Balaban J connectivity index is 1.47. The summed E-state index contributed by atoms with van der Waals surface area (Å²) in [5.74, 6) is -2.70. The van der Waals surface area contributed by atoms with Crippen LogP contribution >= 0.6 is 0 Å². The molecule has 1 saturated heterocycles. The molecule has 150 valence electrons. The van der Waals surface area contributed by atoms with Gasteiger partial charge in [-0.1, -0.05) is 35.9 Å². The van der Waals surface area contributed by atoms with Crippen LogP contribution in [0, 0.1) is 12.8 Å². The lowest BCUT2D eigenvalue weighted by Gasteiger charge is -2.17. The number of amides is 3. The number of para-hydroxylation sites is 1. The molecule has 0 bridgehead atoms. The van der Waals surface area contributed by atoms with Crippen molar-refractivity contribution in [3.63, 3.8) is 0 Å². The van der Waals surface area contributed by atoms with Crippen LogP contribution in [0.1, 0.15) is 22.3 Å². The van der Waals surface area contributed by atoms with Crippen molar-refractivity contribution in [1.29, 1.82) is 0 Å². The van der Waals surface area contributed by atoms with Crippen LogP contribution < -0.4 is 10.7 Å². The fourth-order valence-electron chi connectivity index (χ4n) is 2.84. The molecule has 0 spiro atoms. The highest BCUT2D eigenvalue weighted by molar-refractivity contribution is 5.97. The van der Waals surface area contributed by atoms with E-state index in [2.05, 4.69) is 10.7 Å². The maximum atomic E-state index is 12.2. The number of carbonyl (C=O) groups excluding carboxylic acids is 4. The van der Waals surface area contributed by atoms with Gasteiger partial charge in [-0.05, 0) is 31.2 Å². The van der Waals surface area contributed by atoms with Crippen LogP contribution in [0.25, 0.3) is 0 Å². The van der Waals surface area contributed by atoms with Gasteiger partial charge in [0, 0.05) is 17.7 Å². The molecule has 3 amide bonds. The zero-order valence-electron chi connectivity index (χ0n) is 15.9. The number of aryl methyl sites for hydroxylation is 1. The van der Waals surface area contributed by atoms with Gasteiger partial charge in [0.2, 0.25) is 5.91 Å². The Kier molecular flexibility index (Phi) is 6.23. The van der Waals surface area contributed by atoms with Gasteiger partial charge in [-0.25, -0.2) is 0 Å².